The summed E-state index contributed by atoms with van der Waals surface area (Å²) in [5.41, 5.74) is 0.442. The molecule has 0 unspecified atom stereocenters. The zero-order valence-electron chi connectivity index (χ0n) is 14.2. The maximum atomic E-state index is 12.1. The Kier molecular flexibility index (Phi) is 6.96. The number of hydrogen-bond donors (Lipinski definition) is 1. The first-order valence-corrected chi connectivity index (χ1v) is 7.75. The molecular formula is C18H14F3NO6. The monoisotopic (exact) mass is 397 g/mol. The SMILES string of the molecule is O=Cc1ccccc1OCC(=O)OCC(=O)Nc1ccc(OC(F)(F)F)cc1. The number of hydrogen-bond acceptors (Lipinski definition) is 6. The minimum absolute atomic E-state index is 0.187. The van der Waals surface area contributed by atoms with Crippen molar-refractivity contribution in [1.29, 1.82) is 0 Å². The molecule has 0 fully saturated rings. The summed E-state index contributed by atoms with van der Waals surface area (Å²) in [7, 11) is 0. The van der Waals surface area contributed by atoms with Gasteiger partial charge in [-0.3, -0.25) is 9.59 Å². The first-order valence-electron chi connectivity index (χ1n) is 7.75. The molecule has 0 aromatic heterocycles. The highest BCUT2D eigenvalue weighted by Crippen LogP contribution is 2.23. The van der Waals surface area contributed by atoms with Crippen molar-refractivity contribution in [2.75, 3.05) is 18.5 Å². The van der Waals surface area contributed by atoms with Crippen LogP contribution in [0, 0.1) is 0 Å². The molecule has 1 amide bonds. The molecule has 0 aliphatic heterocycles. The van der Waals surface area contributed by atoms with Gasteiger partial charge in [0.1, 0.15) is 11.5 Å². The number of para-hydroxylation sites is 1. The van der Waals surface area contributed by atoms with Gasteiger partial charge in [0.05, 0.1) is 5.56 Å². The van der Waals surface area contributed by atoms with Gasteiger partial charge in [-0.2, -0.15) is 0 Å². The molecule has 2 aromatic rings. The summed E-state index contributed by atoms with van der Waals surface area (Å²) in [5.74, 6) is -1.79. The molecule has 0 saturated heterocycles. The van der Waals surface area contributed by atoms with E-state index in [2.05, 4.69) is 10.1 Å². The summed E-state index contributed by atoms with van der Waals surface area (Å²) in [6, 6.07) is 10.7. The maximum absolute atomic E-state index is 12.1. The lowest BCUT2D eigenvalue weighted by Crippen LogP contribution is -2.23. The molecule has 1 N–H and O–H groups in total. The largest absolute Gasteiger partial charge is 0.573 e. The van der Waals surface area contributed by atoms with Crippen LogP contribution in [0.2, 0.25) is 0 Å². The number of carbonyl (C=O) groups is 3. The molecule has 28 heavy (non-hydrogen) atoms. The molecule has 0 atom stereocenters. The Labute approximate surface area is 157 Å². The van der Waals surface area contributed by atoms with Crippen LogP contribution in [0.15, 0.2) is 48.5 Å². The number of carbonyl (C=O) groups excluding carboxylic acids is 3. The van der Waals surface area contributed by atoms with E-state index in [1.165, 1.54) is 24.3 Å². The minimum atomic E-state index is -4.81. The third-order valence-electron chi connectivity index (χ3n) is 3.13. The molecule has 7 nitrogen and oxygen atoms in total. The average molecular weight is 397 g/mol. The van der Waals surface area contributed by atoms with Crippen molar-refractivity contribution >= 4 is 23.9 Å². The van der Waals surface area contributed by atoms with E-state index in [4.69, 9.17) is 9.47 Å². The Morgan fingerprint density at radius 2 is 1.68 bits per heavy atom. The molecule has 0 aliphatic rings. The highest BCUT2D eigenvalue weighted by atomic mass is 19.4. The number of benzene rings is 2. The third kappa shape index (κ3) is 6.98. The predicted octanol–water partition coefficient (Wildman–Crippen LogP) is 2.96. The van der Waals surface area contributed by atoms with E-state index in [1.54, 1.807) is 12.1 Å². The van der Waals surface area contributed by atoms with Crippen LogP contribution in [0.4, 0.5) is 18.9 Å². The van der Waals surface area contributed by atoms with Gasteiger partial charge in [-0.05, 0) is 36.4 Å². The normalized spacial score (nSPS) is 10.7. The predicted molar refractivity (Wildman–Crippen MR) is 90.0 cm³/mol. The number of rotatable bonds is 8. The Morgan fingerprint density at radius 1 is 1.00 bits per heavy atom. The molecule has 0 saturated carbocycles. The zero-order valence-corrected chi connectivity index (χ0v) is 14.2. The van der Waals surface area contributed by atoms with E-state index in [1.807, 2.05) is 0 Å². The fourth-order valence-corrected chi connectivity index (χ4v) is 1.97. The summed E-state index contributed by atoms with van der Waals surface area (Å²) in [5, 5.41) is 2.34. The van der Waals surface area contributed by atoms with E-state index in [0.717, 1.165) is 12.1 Å². The van der Waals surface area contributed by atoms with Crippen LogP contribution >= 0.6 is 0 Å². The molecule has 2 aromatic carbocycles. The van der Waals surface area contributed by atoms with Crippen LogP contribution < -0.4 is 14.8 Å². The number of aldehydes is 1. The van der Waals surface area contributed by atoms with Crippen molar-refractivity contribution in [1.82, 2.24) is 0 Å². The fourth-order valence-electron chi connectivity index (χ4n) is 1.97. The lowest BCUT2D eigenvalue weighted by molar-refractivity contribution is -0.274. The van der Waals surface area contributed by atoms with Crippen LogP contribution in [-0.4, -0.2) is 37.7 Å². The van der Waals surface area contributed by atoms with Gasteiger partial charge in [0.15, 0.2) is 19.5 Å². The molecule has 0 radical (unpaired) electrons. The Bertz CT molecular complexity index is 836. The first kappa shape index (κ1) is 20.7. The zero-order chi connectivity index (χ0) is 20.6. The molecule has 0 heterocycles. The lowest BCUT2D eigenvalue weighted by Gasteiger charge is -2.10. The number of halogens is 3. The molecular weight excluding hydrogens is 383 g/mol. The number of anilines is 1. The quantitative estimate of drug-likeness (QED) is 0.544. The summed E-state index contributed by atoms with van der Waals surface area (Å²) < 4.78 is 49.8. The Hall–Kier alpha value is -3.56. The highest BCUT2D eigenvalue weighted by Gasteiger charge is 2.30. The smallest absolute Gasteiger partial charge is 0.481 e. The molecule has 0 spiro atoms. The van der Waals surface area contributed by atoms with Crippen molar-refractivity contribution in [3.63, 3.8) is 0 Å². The second-order valence-electron chi connectivity index (χ2n) is 5.23. The Balaban J connectivity index is 1.75. The van der Waals surface area contributed by atoms with Crippen molar-refractivity contribution in [2.45, 2.75) is 6.36 Å². The van der Waals surface area contributed by atoms with Crippen molar-refractivity contribution < 1.29 is 41.8 Å². The van der Waals surface area contributed by atoms with Gasteiger partial charge in [-0.25, -0.2) is 4.79 Å². The van der Waals surface area contributed by atoms with E-state index >= 15 is 0 Å². The summed E-state index contributed by atoms with van der Waals surface area (Å²) >= 11 is 0. The number of alkyl halides is 3. The molecule has 2 rings (SSSR count). The summed E-state index contributed by atoms with van der Waals surface area (Å²) in [6.07, 6.45) is -4.24. The van der Waals surface area contributed by atoms with E-state index in [9.17, 15) is 27.6 Å². The second-order valence-corrected chi connectivity index (χ2v) is 5.23. The van der Waals surface area contributed by atoms with E-state index < -0.39 is 37.2 Å². The lowest BCUT2D eigenvalue weighted by atomic mass is 10.2. The van der Waals surface area contributed by atoms with Crippen LogP contribution in [0.3, 0.4) is 0 Å². The second kappa shape index (κ2) is 9.40. The summed E-state index contributed by atoms with van der Waals surface area (Å²) in [6.45, 7) is -1.14. The standard InChI is InChI=1S/C18H14F3NO6/c19-18(20,21)28-14-7-5-13(6-8-14)22-16(24)10-27-17(25)11-26-15-4-2-1-3-12(15)9-23/h1-9H,10-11H2,(H,22,24). The van der Waals surface area contributed by atoms with Gasteiger partial charge in [-0.15, -0.1) is 13.2 Å². The van der Waals surface area contributed by atoms with Gasteiger partial charge in [0.25, 0.3) is 5.91 Å². The van der Waals surface area contributed by atoms with Gasteiger partial charge >= 0.3 is 12.3 Å². The average Bonchev–Trinajstić information content (AvgIpc) is 2.65. The first-order chi connectivity index (χ1) is 13.3. The Morgan fingerprint density at radius 3 is 2.32 bits per heavy atom. The molecule has 0 bridgehead atoms. The topological polar surface area (TPSA) is 90.9 Å². The number of esters is 1. The highest BCUT2D eigenvalue weighted by molar-refractivity contribution is 5.92. The fraction of sp³-hybridized carbons (Fsp3) is 0.167. The van der Waals surface area contributed by atoms with Crippen molar-refractivity contribution in [3.05, 3.63) is 54.1 Å². The van der Waals surface area contributed by atoms with E-state index in [-0.39, 0.29) is 17.0 Å². The van der Waals surface area contributed by atoms with Crippen LogP contribution in [0.1, 0.15) is 10.4 Å². The van der Waals surface area contributed by atoms with Gasteiger partial charge in [0.2, 0.25) is 0 Å². The minimum Gasteiger partial charge on any atom is -0.481 e. The van der Waals surface area contributed by atoms with Crippen LogP contribution in [0.25, 0.3) is 0 Å². The summed E-state index contributed by atoms with van der Waals surface area (Å²) in [4.78, 5) is 34.2. The third-order valence-corrected chi connectivity index (χ3v) is 3.13. The van der Waals surface area contributed by atoms with Gasteiger partial charge in [-0.1, -0.05) is 12.1 Å². The molecule has 0 aliphatic carbocycles. The van der Waals surface area contributed by atoms with Crippen LogP contribution in [-0.2, 0) is 14.3 Å². The number of nitrogens with one attached hydrogen (secondary N) is 1. The molecule has 10 heteroatoms. The van der Waals surface area contributed by atoms with Crippen molar-refractivity contribution in [3.8, 4) is 11.5 Å². The van der Waals surface area contributed by atoms with Crippen molar-refractivity contribution in [2.24, 2.45) is 0 Å². The van der Waals surface area contributed by atoms with Crippen LogP contribution in [0.5, 0.6) is 11.5 Å². The van der Waals surface area contributed by atoms with Gasteiger partial charge in [0, 0.05) is 5.69 Å². The maximum Gasteiger partial charge on any atom is 0.573 e. The van der Waals surface area contributed by atoms with E-state index in [0.29, 0.717) is 6.29 Å². The number of amides is 1. The van der Waals surface area contributed by atoms with Gasteiger partial charge < -0.3 is 19.5 Å². The molecule has 148 valence electrons. The number of ether oxygens (including phenoxy) is 3.